The molecular formula is C9H11BrN2O3S. The smallest absolute Gasteiger partial charge is 0.228 e. The van der Waals surface area contributed by atoms with E-state index in [0.29, 0.717) is 19.0 Å². The lowest BCUT2D eigenvalue weighted by Gasteiger charge is -2.36. The highest BCUT2D eigenvalue weighted by atomic mass is 79.9. The number of halogens is 1. The predicted octanol–water partition coefficient (Wildman–Crippen LogP) is 0.867. The average molecular weight is 307 g/mol. The maximum Gasteiger partial charge on any atom is 0.228 e. The third-order valence-corrected chi connectivity index (χ3v) is 4.13. The summed E-state index contributed by atoms with van der Waals surface area (Å²) in [6.07, 6.45) is 2.72. The van der Waals surface area contributed by atoms with Crippen LogP contribution in [0.1, 0.15) is 0 Å². The van der Waals surface area contributed by atoms with Gasteiger partial charge in [0.2, 0.25) is 15.9 Å². The Bertz CT molecular complexity index is 485. The number of sulfonamides is 1. The van der Waals surface area contributed by atoms with Gasteiger partial charge in [0, 0.05) is 6.20 Å². The molecule has 0 radical (unpaired) electrons. The summed E-state index contributed by atoms with van der Waals surface area (Å²) in [6, 6.07) is 3.62. The first-order chi connectivity index (χ1) is 7.47. The first-order valence-electron chi connectivity index (χ1n) is 4.69. The van der Waals surface area contributed by atoms with Crippen molar-refractivity contribution >= 4 is 26.0 Å². The molecule has 0 bridgehead atoms. The van der Waals surface area contributed by atoms with Crippen molar-refractivity contribution in [2.24, 2.45) is 0 Å². The van der Waals surface area contributed by atoms with Gasteiger partial charge in [-0.25, -0.2) is 13.4 Å². The van der Waals surface area contributed by atoms with E-state index in [9.17, 15) is 8.42 Å². The van der Waals surface area contributed by atoms with Gasteiger partial charge < -0.3 is 4.74 Å². The van der Waals surface area contributed by atoms with Crippen molar-refractivity contribution in [1.82, 2.24) is 9.29 Å². The molecule has 1 aromatic heterocycles. The Morgan fingerprint density at radius 2 is 2.25 bits per heavy atom. The highest BCUT2D eigenvalue weighted by molar-refractivity contribution is 9.10. The topological polar surface area (TPSA) is 59.5 Å². The highest BCUT2D eigenvalue weighted by Gasteiger charge is 2.35. The zero-order valence-electron chi connectivity index (χ0n) is 8.63. The van der Waals surface area contributed by atoms with Crippen molar-refractivity contribution in [2.45, 2.75) is 6.10 Å². The zero-order chi connectivity index (χ0) is 11.8. The number of aromatic nitrogens is 1. The van der Waals surface area contributed by atoms with Gasteiger partial charge in [-0.1, -0.05) is 0 Å². The van der Waals surface area contributed by atoms with Crippen molar-refractivity contribution in [3.8, 4) is 5.88 Å². The van der Waals surface area contributed by atoms with Crippen molar-refractivity contribution < 1.29 is 13.2 Å². The normalized spacial score (nSPS) is 18.1. The lowest BCUT2D eigenvalue weighted by atomic mass is 10.2. The van der Waals surface area contributed by atoms with Gasteiger partial charge in [-0.05, 0) is 28.1 Å². The van der Waals surface area contributed by atoms with E-state index in [0.717, 1.165) is 4.47 Å². The number of nitrogens with zero attached hydrogens (tertiary/aromatic N) is 2. The van der Waals surface area contributed by atoms with Crippen LogP contribution in [-0.2, 0) is 10.0 Å². The van der Waals surface area contributed by atoms with Crippen LogP contribution in [0.4, 0.5) is 0 Å². The SMILES string of the molecule is CS(=O)(=O)N1CC(Oc2ncccc2Br)C1. The third-order valence-electron chi connectivity index (χ3n) is 2.29. The van der Waals surface area contributed by atoms with Gasteiger partial charge in [-0.15, -0.1) is 0 Å². The Labute approximate surface area is 103 Å². The predicted molar refractivity (Wildman–Crippen MR) is 62.8 cm³/mol. The van der Waals surface area contributed by atoms with Crippen LogP contribution in [-0.4, -0.2) is 43.2 Å². The van der Waals surface area contributed by atoms with Gasteiger partial charge in [-0.2, -0.15) is 4.31 Å². The third kappa shape index (κ3) is 2.53. The molecule has 2 heterocycles. The second-order valence-electron chi connectivity index (χ2n) is 3.61. The summed E-state index contributed by atoms with van der Waals surface area (Å²) < 4.78 is 29.9. The maximum atomic E-state index is 11.1. The van der Waals surface area contributed by atoms with E-state index >= 15 is 0 Å². The van der Waals surface area contributed by atoms with E-state index < -0.39 is 10.0 Å². The fourth-order valence-corrected chi connectivity index (χ4v) is 2.58. The molecule has 0 amide bonds. The number of rotatable bonds is 3. The quantitative estimate of drug-likeness (QED) is 0.831. The first-order valence-corrected chi connectivity index (χ1v) is 7.33. The molecule has 1 aliphatic rings. The van der Waals surface area contributed by atoms with Crippen molar-refractivity contribution in [3.05, 3.63) is 22.8 Å². The molecule has 1 aromatic rings. The molecule has 0 N–H and O–H groups in total. The fraction of sp³-hybridized carbons (Fsp3) is 0.444. The lowest BCUT2D eigenvalue weighted by molar-refractivity contribution is 0.0718. The molecule has 1 saturated heterocycles. The Hall–Kier alpha value is -0.660. The summed E-state index contributed by atoms with van der Waals surface area (Å²) in [7, 11) is -3.08. The Morgan fingerprint density at radius 3 is 2.81 bits per heavy atom. The summed E-state index contributed by atoms with van der Waals surface area (Å²) in [6.45, 7) is 0.781. The number of hydrogen-bond donors (Lipinski definition) is 0. The van der Waals surface area contributed by atoms with Crippen molar-refractivity contribution in [3.63, 3.8) is 0 Å². The molecule has 1 fully saturated rings. The van der Waals surface area contributed by atoms with E-state index in [4.69, 9.17) is 4.74 Å². The van der Waals surface area contributed by atoms with Crippen LogP contribution < -0.4 is 4.74 Å². The Morgan fingerprint density at radius 1 is 1.56 bits per heavy atom. The molecule has 88 valence electrons. The zero-order valence-corrected chi connectivity index (χ0v) is 11.0. The van der Waals surface area contributed by atoms with Crippen LogP contribution >= 0.6 is 15.9 Å². The minimum absolute atomic E-state index is 0.110. The van der Waals surface area contributed by atoms with Gasteiger partial charge >= 0.3 is 0 Å². The lowest BCUT2D eigenvalue weighted by Crippen LogP contribution is -2.55. The van der Waals surface area contributed by atoms with E-state index in [1.54, 1.807) is 12.3 Å². The number of pyridine rings is 1. The van der Waals surface area contributed by atoms with Gasteiger partial charge in [0.1, 0.15) is 6.10 Å². The van der Waals surface area contributed by atoms with E-state index in [1.165, 1.54) is 10.6 Å². The molecule has 0 spiro atoms. The largest absolute Gasteiger partial charge is 0.471 e. The first kappa shape index (κ1) is 11.8. The summed E-state index contributed by atoms with van der Waals surface area (Å²) in [4.78, 5) is 4.05. The summed E-state index contributed by atoms with van der Waals surface area (Å²) in [5.41, 5.74) is 0. The summed E-state index contributed by atoms with van der Waals surface area (Å²) in [5, 5.41) is 0. The molecule has 0 aliphatic carbocycles. The second kappa shape index (κ2) is 4.31. The second-order valence-corrected chi connectivity index (χ2v) is 6.45. The molecule has 1 aliphatic heterocycles. The summed E-state index contributed by atoms with van der Waals surface area (Å²) in [5.74, 6) is 0.501. The van der Waals surface area contributed by atoms with Crippen LogP contribution in [0.15, 0.2) is 22.8 Å². The van der Waals surface area contributed by atoms with Crippen LogP contribution in [0.2, 0.25) is 0 Å². The van der Waals surface area contributed by atoms with Gasteiger partial charge in [0.25, 0.3) is 0 Å². The monoisotopic (exact) mass is 306 g/mol. The van der Waals surface area contributed by atoms with Crippen LogP contribution in [0, 0.1) is 0 Å². The van der Waals surface area contributed by atoms with Gasteiger partial charge in [0.05, 0.1) is 23.8 Å². The maximum absolute atomic E-state index is 11.1. The molecular weight excluding hydrogens is 296 g/mol. The van der Waals surface area contributed by atoms with Crippen molar-refractivity contribution in [2.75, 3.05) is 19.3 Å². The molecule has 0 saturated carbocycles. The minimum atomic E-state index is -3.08. The number of hydrogen-bond acceptors (Lipinski definition) is 4. The van der Waals surface area contributed by atoms with E-state index in [-0.39, 0.29) is 6.10 Å². The standard InChI is InChI=1S/C9H11BrN2O3S/c1-16(13,14)12-5-7(6-12)15-9-8(10)3-2-4-11-9/h2-4,7H,5-6H2,1H3. The van der Waals surface area contributed by atoms with Crippen molar-refractivity contribution in [1.29, 1.82) is 0 Å². The van der Waals surface area contributed by atoms with Crippen LogP contribution in [0.5, 0.6) is 5.88 Å². The molecule has 2 rings (SSSR count). The Balaban J connectivity index is 1.94. The van der Waals surface area contributed by atoms with Gasteiger partial charge in [-0.3, -0.25) is 0 Å². The molecule has 16 heavy (non-hydrogen) atoms. The molecule has 7 heteroatoms. The minimum Gasteiger partial charge on any atom is -0.471 e. The molecule has 0 aromatic carbocycles. The van der Waals surface area contributed by atoms with E-state index in [2.05, 4.69) is 20.9 Å². The fourth-order valence-electron chi connectivity index (χ4n) is 1.36. The number of ether oxygens (including phenoxy) is 1. The Kier molecular flexibility index (Phi) is 3.18. The highest BCUT2D eigenvalue weighted by Crippen LogP contribution is 2.24. The van der Waals surface area contributed by atoms with Crippen LogP contribution in [0.3, 0.4) is 0 Å². The molecule has 0 atom stereocenters. The van der Waals surface area contributed by atoms with E-state index in [1.807, 2.05) is 6.07 Å². The summed E-state index contributed by atoms with van der Waals surface area (Å²) >= 11 is 3.31. The van der Waals surface area contributed by atoms with Gasteiger partial charge in [0.15, 0.2) is 0 Å². The molecule has 5 nitrogen and oxygen atoms in total. The van der Waals surface area contributed by atoms with Crippen LogP contribution in [0.25, 0.3) is 0 Å². The molecule has 0 unspecified atom stereocenters. The average Bonchev–Trinajstić information content (AvgIpc) is 2.11.